The lowest BCUT2D eigenvalue weighted by molar-refractivity contribution is -0.124. The largest absolute Gasteiger partial charge is 0.381 e. The molecule has 1 aliphatic heterocycles. The molecule has 0 unspecified atom stereocenters. The van der Waals surface area contributed by atoms with Gasteiger partial charge in [-0.2, -0.15) is 0 Å². The molecule has 5 heteroatoms. The highest BCUT2D eigenvalue weighted by atomic mass is 16.2. The fourth-order valence-electron chi connectivity index (χ4n) is 3.09. The molecule has 0 bridgehead atoms. The lowest BCUT2D eigenvalue weighted by atomic mass is 10.1. The minimum atomic E-state index is 0.110. The van der Waals surface area contributed by atoms with Crippen LogP contribution in [0, 0.1) is 13.8 Å². The van der Waals surface area contributed by atoms with E-state index in [4.69, 9.17) is 0 Å². The quantitative estimate of drug-likeness (QED) is 0.886. The number of hydrogen-bond acceptors (Lipinski definition) is 4. The maximum absolute atomic E-state index is 11.5. The number of aromatic nitrogens is 1. The number of pyridine rings is 1. The number of hydrogen-bond donors (Lipinski definition) is 2. The Hall–Kier alpha value is -2.40. The maximum atomic E-state index is 11.5. The van der Waals surface area contributed by atoms with Crippen molar-refractivity contribution in [3.8, 4) is 0 Å². The second kappa shape index (κ2) is 7.45. The van der Waals surface area contributed by atoms with E-state index < -0.39 is 0 Å². The first-order chi connectivity index (χ1) is 11.6. The molecule has 3 rings (SSSR count). The van der Waals surface area contributed by atoms with E-state index in [1.807, 2.05) is 13.8 Å². The van der Waals surface area contributed by atoms with Gasteiger partial charge in [0.05, 0.1) is 6.54 Å². The van der Waals surface area contributed by atoms with Crippen molar-refractivity contribution in [1.82, 2.24) is 15.2 Å². The SMILES string of the molecule is Cc1cc(CNc2cccc(CN3CCNC(=O)C3)c2)cc(C)n1. The molecular weight excluding hydrogens is 300 g/mol. The predicted molar refractivity (Wildman–Crippen MR) is 95.8 cm³/mol. The van der Waals surface area contributed by atoms with E-state index >= 15 is 0 Å². The fraction of sp³-hybridized carbons (Fsp3) is 0.368. The van der Waals surface area contributed by atoms with Crippen LogP contribution >= 0.6 is 0 Å². The van der Waals surface area contributed by atoms with E-state index in [9.17, 15) is 4.79 Å². The number of nitrogens with zero attached hydrogens (tertiary/aromatic N) is 2. The lowest BCUT2D eigenvalue weighted by Crippen LogP contribution is -2.47. The van der Waals surface area contributed by atoms with Crippen molar-refractivity contribution in [2.75, 3.05) is 25.0 Å². The molecule has 0 radical (unpaired) electrons. The van der Waals surface area contributed by atoms with Crippen LogP contribution in [0.1, 0.15) is 22.5 Å². The van der Waals surface area contributed by atoms with Crippen LogP contribution in [0.5, 0.6) is 0 Å². The summed E-state index contributed by atoms with van der Waals surface area (Å²) in [6, 6.07) is 12.6. The van der Waals surface area contributed by atoms with Crippen molar-refractivity contribution in [3.05, 3.63) is 58.9 Å². The summed E-state index contributed by atoms with van der Waals surface area (Å²) >= 11 is 0. The molecule has 2 N–H and O–H groups in total. The van der Waals surface area contributed by atoms with Gasteiger partial charge in [0.15, 0.2) is 0 Å². The van der Waals surface area contributed by atoms with E-state index in [-0.39, 0.29) is 5.91 Å². The van der Waals surface area contributed by atoms with Crippen LogP contribution < -0.4 is 10.6 Å². The molecule has 126 valence electrons. The number of piperazine rings is 1. The van der Waals surface area contributed by atoms with Crippen LogP contribution in [-0.4, -0.2) is 35.4 Å². The Balaban J connectivity index is 1.61. The average molecular weight is 324 g/mol. The highest BCUT2D eigenvalue weighted by molar-refractivity contribution is 5.78. The summed E-state index contributed by atoms with van der Waals surface area (Å²) in [5, 5.41) is 6.33. The van der Waals surface area contributed by atoms with Crippen molar-refractivity contribution >= 4 is 11.6 Å². The molecule has 1 aromatic carbocycles. The topological polar surface area (TPSA) is 57.3 Å². The van der Waals surface area contributed by atoms with E-state index in [1.54, 1.807) is 0 Å². The van der Waals surface area contributed by atoms with Gasteiger partial charge in [0.2, 0.25) is 5.91 Å². The minimum absolute atomic E-state index is 0.110. The number of anilines is 1. The molecule has 1 saturated heterocycles. The summed E-state index contributed by atoms with van der Waals surface area (Å²) in [7, 11) is 0. The van der Waals surface area contributed by atoms with E-state index in [2.05, 4.69) is 56.9 Å². The van der Waals surface area contributed by atoms with Gasteiger partial charge in [-0.15, -0.1) is 0 Å². The van der Waals surface area contributed by atoms with Gasteiger partial charge in [-0.1, -0.05) is 12.1 Å². The predicted octanol–water partition coefficient (Wildman–Crippen LogP) is 2.24. The van der Waals surface area contributed by atoms with Gasteiger partial charge < -0.3 is 10.6 Å². The van der Waals surface area contributed by atoms with Gasteiger partial charge in [-0.25, -0.2) is 0 Å². The Bertz CT molecular complexity index is 709. The summed E-state index contributed by atoms with van der Waals surface area (Å²) in [6.07, 6.45) is 0. The Labute approximate surface area is 143 Å². The van der Waals surface area contributed by atoms with E-state index in [0.717, 1.165) is 43.3 Å². The molecule has 0 atom stereocenters. The van der Waals surface area contributed by atoms with Gasteiger partial charge in [0, 0.05) is 43.3 Å². The molecule has 0 aliphatic carbocycles. The van der Waals surface area contributed by atoms with Crippen LogP contribution in [0.2, 0.25) is 0 Å². The Morgan fingerprint density at radius 2 is 1.96 bits per heavy atom. The third kappa shape index (κ3) is 4.55. The summed E-state index contributed by atoms with van der Waals surface area (Å²) in [5.74, 6) is 0.110. The molecule has 1 amide bonds. The first kappa shape index (κ1) is 16.5. The average Bonchev–Trinajstić information content (AvgIpc) is 2.52. The number of benzene rings is 1. The molecule has 1 fully saturated rings. The summed E-state index contributed by atoms with van der Waals surface area (Å²) in [4.78, 5) is 18.1. The maximum Gasteiger partial charge on any atom is 0.234 e. The van der Waals surface area contributed by atoms with Gasteiger partial charge in [-0.05, 0) is 49.2 Å². The van der Waals surface area contributed by atoms with Crippen molar-refractivity contribution in [1.29, 1.82) is 0 Å². The monoisotopic (exact) mass is 324 g/mol. The Morgan fingerprint density at radius 3 is 2.71 bits per heavy atom. The van der Waals surface area contributed by atoms with Crippen molar-refractivity contribution in [2.45, 2.75) is 26.9 Å². The van der Waals surface area contributed by atoms with Gasteiger partial charge in [-0.3, -0.25) is 14.7 Å². The molecule has 0 spiro atoms. The normalized spacial score (nSPS) is 15.2. The Morgan fingerprint density at radius 1 is 1.17 bits per heavy atom. The smallest absolute Gasteiger partial charge is 0.234 e. The molecule has 24 heavy (non-hydrogen) atoms. The summed E-state index contributed by atoms with van der Waals surface area (Å²) in [5.41, 5.74) is 5.64. The minimum Gasteiger partial charge on any atom is -0.381 e. The molecule has 5 nitrogen and oxygen atoms in total. The van der Waals surface area contributed by atoms with E-state index in [1.165, 1.54) is 11.1 Å². The lowest BCUT2D eigenvalue weighted by Gasteiger charge is -2.26. The number of nitrogens with one attached hydrogen (secondary N) is 2. The molecular formula is C19H24N4O. The van der Waals surface area contributed by atoms with Crippen molar-refractivity contribution < 1.29 is 4.79 Å². The fourth-order valence-corrected chi connectivity index (χ4v) is 3.09. The zero-order valence-electron chi connectivity index (χ0n) is 14.3. The Kier molecular flexibility index (Phi) is 5.11. The second-order valence-corrected chi connectivity index (χ2v) is 6.37. The standard InChI is InChI=1S/C19H24N4O/c1-14-8-17(9-15(2)22-14)11-21-18-5-3-4-16(10-18)12-23-7-6-20-19(24)13-23/h3-5,8-10,21H,6-7,11-13H2,1-2H3,(H,20,24). The zero-order valence-corrected chi connectivity index (χ0v) is 14.3. The number of carbonyl (C=O) groups excluding carboxylic acids is 1. The van der Waals surface area contributed by atoms with Gasteiger partial charge in [0.1, 0.15) is 0 Å². The molecule has 0 saturated carbocycles. The first-order valence-corrected chi connectivity index (χ1v) is 8.34. The molecule has 1 aromatic heterocycles. The van der Waals surface area contributed by atoms with E-state index in [0.29, 0.717) is 6.54 Å². The summed E-state index contributed by atoms with van der Waals surface area (Å²) < 4.78 is 0. The second-order valence-electron chi connectivity index (χ2n) is 6.37. The number of amides is 1. The van der Waals surface area contributed by atoms with Crippen LogP contribution in [0.4, 0.5) is 5.69 Å². The van der Waals surface area contributed by atoms with Gasteiger partial charge in [0.25, 0.3) is 0 Å². The van der Waals surface area contributed by atoms with Crippen LogP contribution in [0.15, 0.2) is 36.4 Å². The summed E-state index contributed by atoms with van der Waals surface area (Å²) in [6.45, 7) is 7.73. The van der Waals surface area contributed by atoms with Crippen LogP contribution in [0.3, 0.4) is 0 Å². The highest BCUT2D eigenvalue weighted by Crippen LogP contribution is 2.15. The molecule has 2 aromatic rings. The number of carbonyl (C=O) groups is 1. The van der Waals surface area contributed by atoms with Gasteiger partial charge >= 0.3 is 0 Å². The number of aryl methyl sites for hydroxylation is 2. The first-order valence-electron chi connectivity index (χ1n) is 8.34. The molecule has 2 heterocycles. The van der Waals surface area contributed by atoms with Crippen molar-refractivity contribution in [2.24, 2.45) is 0 Å². The molecule has 1 aliphatic rings. The highest BCUT2D eigenvalue weighted by Gasteiger charge is 2.15. The van der Waals surface area contributed by atoms with Crippen molar-refractivity contribution in [3.63, 3.8) is 0 Å². The zero-order chi connectivity index (χ0) is 16.9. The van der Waals surface area contributed by atoms with Crippen LogP contribution in [-0.2, 0) is 17.9 Å². The third-order valence-electron chi connectivity index (χ3n) is 4.09. The third-order valence-corrected chi connectivity index (χ3v) is 4.09. The number of rotatable bonds is 5. The van der Waals surface area contributed by atoms with Crippen LogP contribution in [0.25, 0.3) is 0 Å².